The summed E-state index contributed by atoms with van der Waals surface area (Å²) in [5.41, 5.74) is 0.378. The first-order valence-corrected chi connectivity index (χ1v) is 5.51. The van der Waals surface area contributed by atoms with Gasteiger partial charge < -0.3 is 5.32 Å². The first kappa shape index (κ1) is 12.1. The van der Waals surface area contributed by atoms with E-state index in [9.17, 15) is 10.1 Å². The van der Waals surface area contributed by atoms with E-state index in [1.807, 2.05) is 6.92 Å². The molecule has 18 heavy (non-hydrogen) atoms. The van der Waals surface area contributed by atoms with Crippen molar-refractivity contribution < 1.29 is 4.92 Å². The van der Waals surface area contributed by atoms with Crippen molar-refractivity contribution in [3.8, 4) is 0 Å². The monoisotopic (exact) mass is 250 g/mol. The van der Waals surface area contributed by atoms with Crippen LogP contribution in [0.1, 0.15) is 12.6 Å². The average Bonchev–Trinajstić information content (AvgIpc) is 2.83. The van der Waals surface area contributed by atoms with Crippen molar-refractivity contribution in [3.05, 3.63) is 28.1 Å². The van der Waals surface area contributed by atoms with Crippen molar-refractivity contribution in [1.29, 1.82) is 0 Å². The minimum absolute atomic E-state index is 0.0116. The lowest BCUT2D eigenvalue weighted by molar-refractivity contribution is -0.384. The van der Waals surface area contributed by atoms with Gasteiger partial charge in [0.15, 0.2) is 5.82 Å². The van der Waals surface area contributed by atoms with E-state index >= 15 is 0 Å². The van der Waals surface area contributed by atoms with Crippen LogP contribution in [0.2, 0.25) is 0 Å². The van der Waals surface area contributed by atoms with Gasteiger partial charge in [-0.25, -0.2) is 4.68 Å². The highest BCUT2D eigenvalue weighted by Crippen LogP contribution is 2.30. The maximum absolute atomic E-state index is 11.1. The molecular weight excluding hydrogens is 236 g/mol. The van der Waals surface area contributed by atoms with E-state index in [1.165, 1.54) is 0 Å². The third-order valence-corrected chi connectivity index (χ3v) is 2.54. The fourth-order valence-corrected chi connectivity index (χ4v) is 1.75. The van der Waals surface area contributed by atoms with Gasteiger partial charge in [-0.3, -0.25) is 14.8 Å². The second-order valence-electron chi connectivity index (χ2n) is 3.86. The summed E-state index contributed by atoms with van der Waals surface area (Å²) in [6.45, 7) is 4.04. The van der Waals surface area contributed by atoms with Gasteiger partial charge >= 0.3 is 5.69 Å². The number of nitro groups is 1. The highest BCUT2D eigenvalue weighted by atomic mass is 16.6. The average molecular weight is 250 g/mol. The SMILES string of the molecule is CCn1nc(C)c([N+](=O)[O-])c1Nc1ccn(C)n1. The molecule has 0 radical (unpaired) electrons. The zero-order chi connectivity index (χ0) is 13.3. The van der Waals surface area contributed by atoms with Gasteiger partial charge in [-0.2, -0.15) is 10.2 Å². The van der Waals surface area contributed by atoms with Crippen molar-refractivity contribution in [2.24, 2.45) is 7.05 Å². The summed E-state index contributed by atoms with van der Waals surface area (Å²) < 4.78 is 3.18. The maximum Gasteiger partial charge on any atom is 0.334 e. The topological polar surface area (TPSA) is 90.8 Å². The van der Waals surface area contributed by atoms with Crippen LogP contribution >= 0.6 is 0 Å². The molecular formula is C10H14N6O2. The molecule has 0 unspecified atom stereocenters. The molecule has 0 amide bonds. The van der Waals surface area contributed by atoms with Crippen LogP contribution in [0.15, 0.2) is 12.3 Å². The van der Waals surface area contributed by atoms with Gasteiger partial charge in [0.25, 0.3) is 0 Å². The number of aryl methyl sites for hydroxylation is 3. The lowest BCUT2D eigenvalue weighted by Gasteiger charge is -2.04. The molecule has 96 valence electrons. The number of nitrogens with one attached hydrogen (secondary N) is 1. The molecule has 8 nitrogen and oxygen atoms in total. The summed E-state index contributed by atoms with van der Waals surface area (Å²) in [6, 6.07) is 1.74. The number of hydrogen-bond donors (Lipinski definition) is 1. The summed E-state index contributed by atoms with van der Waals surface area (Å²) in [5, 5.41) is 22.3. The zero-order valence-corrected chi connectivity index (χ0v) is 10.4. The maximum atomic E-state index is 11.1. The molecule has 0 aromatic carbocycles. The number of nitrogens with zero attached hydrogens (tertiary/aromatic N) is 5. The Bertz CT molecular complexity index is 585. The summed E-state index contributed by atoms with van der Waals surface area (Å²) >= 11 is 0. The van der Waals surface area contributed by atoms with E-state index < -0.39 is 4.92 Å². The van der Waals surface area contributed by atoms with Gasteiger partial charge in [-0.15, -0.1) is 0 Å². The number of hydrogen-bond acceptors (Lipinski definition) is 5. The third kappa shape index (κ3) is 2.04. The largest absolute Gasteiger partial charge is 0.334 e. The molecule has 8 heteroatoms. The fraction of sp³-hybridized carbons (Fsp3) is 0.400. The van der Waals surface area contributed by atoms with Gasteiger partial charge in [-0.1, -0.05) is 0 Å². The Kier molecular flexibility index (Phi) is 3.00. The van der Waals surface area contributed by atoms with E-state index in [0.717, 1.165) is 0 Å². The quantitative estimate of drug-likeness (QED) is 0.657. The van der Waals surface area contributed by atoms with E-state index in [0.29, 0.717) is 23.9 Å². The predicted octanol–water partition coefficient (Wildman–Crippen LogP) is 1.60. The van der Waals surface area contributed by atoms with Crippen LogP contribution in [-0.4, -0.2) is 24.5 Å². The first-order valence-electron chi connectivity index (χ1n) is 5.51. The molecule has 2 aromatic heterocycles. The van der Waals surface area contributed by atoms with E-state index in [4.69, 9.17) is 0 Å². The molecule has 0 saturated carbocycles. The van der Waals surface area contributed by atoms with E-state index in [-0.39, 0.29) is 5.69 Å². The van der Waals surface area contributed by atoms with Crippen LogP contribution in [0.5, 0.6) is 0 Å². The second-order valence-corrected chi connectivity index (χ2v) is 3.86. The lowest BCUT2D eigenvalue weighted by atomic mass is 10.4. The van der Waals surface area contributed by atoms with Crippen molar-refractivity contribution in [2.75, 3.05) is 5.32 Å². The van der Waals surface area contributed by atoms with Crippen LogP contribution in [0, 0.1) is 17.0 Å². The first-order chi connectivity index (χ1) is 8.52. The molecule has 2 rings (SSSR count). The van der Waals surface area contributed by atoms with Crippen molar-refractivity contribution in [3.63, 3.8) is 0 Å². The van der Waals surface area contributed by atoms with Crippen LogP contribution in [0.25, 0.3) is 0 Å². The van der Waals surface area contributed by atoms with Gasteiger partial charge in [-0.05, 0) is 13.8 Å². The molecule has 0 spiro atoms. The van der Waals surface area contributed by atoms with Crippen LogP contribution in [0.3, 0.4) is 0 Å². The Hall–Kier alpha value is -2.38. The smallest absolute Gasteiger partial charge is 0.318 e. The molecule has 0 aliphatic carbocycles. The van der Waals surface area contributed by atoms with Gasteiger partial charge in [0.1, 0.15) is 5.69 Å². The molecule has 0 aliphatic rings. The molecule has 0 aliphatic heterocycles. The van der Waals surface area contributed by atoms with Crippen LogP contribution < -0.4 is 5.32 Å². The van der Waals surface area contributed by atoms with Crippen molar-refractivity contribution in [1.82, 2.24) is 19.6 Å². The van der Waals surface area contributed by atoms with Gasteiger partial charge in [0.2, 0.25) is 5.82 Å². The lowest BCUT2D eigenvalue weighted by Crippen LogP contribution is -2.05. The molecule has 2 aromatic rings. The molecule has 0 atom stereocenters. The Morgan fingerprint density at radius 3 is 2.72 bits per heavy atom. The number of anilines is 2. The molecule has 0 bridgehead atoms. The fourth-order valence-electron chi connectivity index (χ4n) is 1.75. The van der Waals surface area contributed by atoms with Gasteiger partial charge in [0.05, 0.1) is 4.92 Å². The number of rotatable bonds is 4. The summed E-state index contributed by atoms with van der Waals surface area (Å²) in [6.07, 6.45) is 1.76. The normalized spacial score (nSPS) is 10.6. The Balaban J connectivity index is 2.44. The molecule has 0 saturated heterocycles. The van der Waals surface area contributed by atoms with Crippen LogP contribution in [0.4, 0.5) is 17.3 Å². The number of aromatic nitrogens is 4. The molecule has 0 fully saturated rings. The third-order valence-electron chi connectivity index (χ3n) is 2.54. The zero-order valence-electron chi connectivity index (χ0n) is 10.4. The van der Waals surface area contributed by atoms with Gasteiger partial charge in [0, 0.05) is 25.9 Å². The molecule has 2 heterocycles. The minimum Gasteiger partial charge on any atom is -0.318 e. The second kappa shape index (κ2) is 4.47. The summed E-state index contributed by atoms with van der Waals surface area (Å²) in [7, 11) is 1.78. The highest BCUT2D eigenvalue weighted by molar-refractivity contribution is 5.65. The highest BCUT2D eigenvalue weighted by Gasteiger charge is 2.25. The summed E-state index contributed by atoms with van der Waals surface area (Å²) in [5.74, 6) is 0.911. The van der Waals surface area contributed by atoms with Crippen LogP contribution in [-0.2, 0) is 13.6 Å². The Morgan fingerprint density at radius 1 is 1.50 bits per heavy atom. The minimum atomic E-state index is -0.431. The van der Waals surface area contributed by atoms with E-state index in [2.05, 4.69) is 15.5 Å². The predicted molar refractivity (Wildman–Crippen MR) is 65.8 cm³/mol. The summed E-state index contributed by atoms with van der Waals surface area (Å²) in [4.78, 5) is 10.6. The van der Waals surface area contributed by atoms with Crippen molar-refractivity contribution in [2.45, 2.75) is 20.4 Å². The van der Waals surface area contributed by atoms with Crippen molar-refractivity contribution >= 4 is 17.3 Å². The Labute approximate surface area is 103 Å². The Morgan fingerprint density at radius 2 is 2.22 bits per heavy atom. The standard InChI is InChI=1S/C10H14N6O2/c1-4-15-10(9(16(17)18)7(2)12-15)11-8-5-6-14(3)13-8/h5-6H,4H2,1-3H3,(H,11,13). The van der Waals surface area contributed by atoms with E-state index in [1.54, 1.807) is 35.6 Å². The molecule has 1 N–H and O–H groups in total.